The Morgan fingerprint density at radius 3 is 3.18 bits per heavy atom. The molecule has 0 bridgehead atoms. The second kappa shape index (κ2) is 4.38. The van der Waals surface area contributed by atoms with Gasteiger partial charge in [0.05, 0.1) is 11.5 Å². The van der Waals surface area contributed by atoms with Crippen molar-refractivity contribution >= 4 is 34.6 Å². The Morgan fingerprint density at radius 1 is 1.53 bits per heavy atom. The lowest BCUT2D eigenvalue weighted by Crippen LogP contribution is -2.57. The van der Waals surface area contributed by atoms with E-state index in [4.69, 9.17) is 12.2 Å². The molecule has 17 heavy (non-hydrogen) atoms. The molecule has 2 heterocycles. The summed E-state index contributed by atoms with van der Waals surface area (Å²) in [5.41, 5.74) is 0. The van der Waals surface area contributed by atoms with Gasteiger partial charge in [-0.3, -0.25) is 0 Å². The highest BCUT2D eigenvalue weighted by Crippen LogP contribution is 2.34. The molecular weight excluding hydrogens is 252 g/mol. The summed E-state index contributed by atoms with van der Waals surface area (Å²) in [7, 11) is 0. The predicted octanol–water partition coefficient (Wildman–Crippen LogP) is 2.77. The van der Waals surface area contributed by atoms with Crippen LogP contribution in [0, 0.1) is 5.92 Å². The van der Waals surface area contributed by atoms with Gasteiger partial charge in [0.25, 0.3) is 0 Å². The number of nitrogens with zero attached hydrogens (tertiary/aromatic N) is 1. The predicted molar refractivity (Wildman–Crippen MR) is 72.1 cm³/mol. The number of nitrogens with one attached hydrogen (secondary N) is 1. The standard InChI is InChI=1S/C12H14N2OS2/c15-12-13-11(16)9-4-1-5-10(9)14(12)7-8-3-2-6-17-8/h2-3,6,9-10H,1,4-5,7H2,(H,13,15,16). The molecule has 1 aromatic rings. The molecule has 1 aliphatic heterocycles. The summed E-state index contributed by atoms with van der Waals surface area (Å²) in [6, 6.07) is 4.40. The van der Waals surface area contributed by atoms with Crippen molar-refractivity contribution in [3.05, 3.63) is 22.4 Å². The maximum Gasteiger partial charge on any atom is 0.322 e. The largest absolute Gasteiger partial charge is 0.322 e. The molecule has 5 heteroatoms. The molecule has 0 radical (unpaired) electrons. The van der Waals surface area contributed by atoms with E-state index < -0.39 is 0 Å². The summed E-state index contributed by atoms with van der Waals surface area (Å²) in [6.07, 6.45) is 3.37. The molecule has 1 aliphatic carbocycles. The van der Waals surface area contributed by atoms with E-state index in [0.717, 1.165) is 17.8 Å². The van der Waals surface area contributed by atoms with Crippen molar-refractivity contribution in [2.45, 2.75) is 31.8 Å². The first-order valence-corrected chi connectivity index (χ1v) is 7.18. The average Bonchev–Trinajstić information content (AvgIpc) is 2.95. The summed E-state index contributed by atoms with van der Waals surface area (Å²) >= 11 is 6.96. The molecule has 3 rings (SSSR count). The number of urea groups is 1. The van der Waals surface area contributed by atoms with Crippen LogP contribution < -0.4 is 5.32 Å². The van der Waals surface area contributed by atoms with Gasteiger partial charge < -0.3 is 10.2 Å². The Bertz CT molecular complexity index is 443. The Hall–Kier alpha value is -0.940. The number of amides is 2. The molecule has 1 saturated heterocycles. The molecule has 2 atom stereocenters. The highest BCUT2D eigenvalue weighted by molar-refractivity contribution is 7.80. The van der Waals surface area contributed by atoms with E-state index in [1.54, 1.807) is 11.3 Å². The topological polar surface area (TPSA) is 32.3 Å². The van der Waals surface area contributed by atoms with Gasteiger partial charge in [0.1, 0.15) is 0 Å². The second-order valence-corrected chi connectivity index (χ2v) is 6.08. The Labute approximate surface area is 110 Å². The lowest BCUT2D eigenvalue weighted by Gasteiger charge is -2.38. The van der Waals surface area contributed by atoms with Crippen LogP contribution >= 0.6 is 23.6 Å². The third-order valence-electron chi connectivity index (χ3n) is 3.61. The quantitative estimate of drug-likeness (QED) is 0.835. The zero-order chi connectivity index (χ0) is 11.8. The number of carbonyl (C=O) groups is 1. The lowest BCUT2D eigenvalue weighted by atomic mass is 10.00. The molecule has 2 fully saturated rings. The van der Waals surface area contributed by atoms with Crippen molar-refractivity contribution in [1.82, 2.24) is 10.2 Å². The fraction of sp³-hybridized carbons (Fsp3) is 0.500. The van der Waals surface area contributed by atoms with Gasteiger partial charge in [-0.15, -0.1) is 11.3 Å². The molecule has 1 saturated carbocycles. The maximum absolute atomic E-state index is 12.0. The first-order valence-electron chi connectivity index (χ1n) is 5.89. The van der Waals surface area contributed by atoms with Gasteiger partial charge in [-0.2, -0.15) is 0 Å². The highest BCUT2D eigenvalue weighted by atomic mass is 32.1. The minimum atomic E-state index is -0.0217. The molecule has 2 unspecified atom stereocenters. The normalized spacial score (nSPS) is 28.1. The zero-order valence-electron chi connectivity index (χ0n) is 9.39. The first kappa shape index (κ1) is 11.2. The van der Waals surface area contributed by atoms with E-state index in [-0.39, 0.29) is 6.03 Å². The number of fused-ring (bicyclic) bond motifs is 1. The minimum Gasteiger partial charge on any atom is -0.316 e. The summed E-state index contributed by atoms with van der Waals surface area (Å²) in [5, 5.41) is 4.89. The third kappa shape index (κ3) is 1.98. The van der Waals surface area contributed by atoms with Crippen molar-refractivity contribution in [2.24, 2.45) is 5.92 Å². The van der Waals surface area contributed by atoms with E-state index in [9.17, 15) is 4.79 Å². The highest BCUT2D eigenvalue weighted by Gasteiger charge is 2.41. The van der Waals surface area contributed by atoms with Gasteiger partial charge >= 0.3 is 6.03 Å². The van der Waals surface area contributed by atoms with Crippen LogP contribution in [0.25, 0.3) is 0 Å². The van der Waals surface area contributed by atoms with Crippen LogP contribution in [0.1, 0.15) is 24.1 Å². The fourth-order valence-corrected chi connectivity index (χ4v) is 3.86. The van der Waals surface area contributed by atoms with Crippen molar-refractivity contribution in [1.29, 1.82) is 0 Å². The van der Waals surface area contributed by atoms with Gasteiger partial charge in [0.15, 0.2) is 0 Å². The fourth-order valence-electron chi connectivity index (χ4n) is 2.80. The van der Waals surface area contributed by atoms with E-state index >= 15 is 0 Å². The first-order chi connectivity index (χ1) is 8.25. The van der Waals surface area contributed by atoms with Crippen molar-refractivity contribution < 1.29 is 4.79 Å². The van der Waals surface area contributed by atoms with E-state index in [1.165, 1.54) is 11.3 Å². The van der Waals surface area contributed by atoms with Crippen LogP contribution in [0.15, 0.2) is 17.5 Å². The summed E-state index contributed by atoms with van der Waals surface area (Å²) in [5.74, 6) is 0.377. The van der Waals surface area contributed by atoms with Crippen LogP contribution in [0.2, 0.25) is 0 Å². The number of thiophene rings is 1. The molecule has 90 valence electrons. The summed E-state index contributed by atoms with van der Waals surface area (Å²) in [4.78, 5) is 15.9. The number of carbonyl (C=O) groups excluding carboxylic acids is 1. The monoisotopic (exact) mass is 266 g/mol. The van der Waals surface area contributed by atoms with Crippen LogP contribution in [-0.4, -0.2) is 22.0 Å². The molecule has 1 N–H and O–H groups in total. The molecule has 2 amide bonds. The Kier molecular flexibility index (Phi) is 2.88. The number of thiocarbonyl (C=S) groups is 1. The maximum atomic E-state index is 12.0. The van der Waals surface area contributed by atoms with Crippen LogP contribution in [0.3, 0.4) is 0 Å². The van der Waals surface area contributed by atoms with Crippen molar-refractivity contribution in [3.63, 3.8) is 0 Å². The van der Waals surface area contributed by atoms with Gasteiger partial charge in [0, 0.05) is 16.8 Å². The summed E-state index contributed by atoms with van der Waals surface area (Å²) in [6.45, 7) is 0.716. The minimum absolute atomic E-state index is 0.0217. The molecule has 3 nitrogen and oxygen atoms in total. The van der Waals surface area contributed by atoms with E-state index in [1.807, 2.05) is 16.3 Å². The van der Waals surface area contributed by atoms with E-state index in [2.05, 4.69) is 11.4 Å². The zero-order valence-corrected chi connectivity index (χ0v) is 11.0. The van der Waals surface area contributed by atoms with Crippen molar-refractivity contribution in [2.75, 3.05) is 0 Å². The van der Waals surface area contributed by atoms with Gasteiger partial charge in [-0.25, -0.2) is 4.79 Å². The SMILES string of the molecule is O=C1NC(=S)C2CCCC2N1Cc1cccs1. The molecule has 0 spiro atoms. The second-order valence-electron chi connectivity index (χ2n) is 4.61. The van der Waals surface area contributed by atoms with E-state index in [0.29, 0.717) is 18.5 Å². The van der Waals surface area contributed by atoms with Crippen LogP contribution in [0.5, 0.6) is 0 Å². The molecule has 2 aliphatic rings. The molecular formula is C12H14N2OS2. The van der Waals surface area contributed by atoms with Crippen LogP contribution in [0.4, 0.5) is 4.79 Å². The molecule has 1 aromatic heterocycles. The summed E-state index contributed by atoms with van der Waals surface area (Å²) < 4.78 is 0. The van der Waals surface area contributed by atoms with Crippen molar-refractivity contribution in [3.8, 4) is 0 Å². The van der Waals surface area contributed by atoms with Gasteiger partial charge in [-0.1, -0.05) is 24.7 Å². The Morgan fingerprint density at radius 2 is 2.41 bits per heavy atom. The smallest absolute Gasteiger partial charge is 0.316 e. The average molecular weight is 266 g/mol. The lowest BCUT2D eigenvalue weighted by molar-refractivity contribution is 0.159. The van der Waals surface area contributed by atoms with Crippen LogP contribution in [-0.2, 0) is 6.54 Å². The van der Waals surface area contributed by atoms with Gasteiger partial charge in [0.2, 0.25) is 0 Å². The third-order valence-corrected chi connectivity index (χ3v) is 4.88. The Balaban J connectivity index is 1.82. The molecule has 0 aromatic carbocycles. The van der Waals surface area contributed by atoms with Gasteiger partial charge in [-0.05, 0) is 24.3 Å². The number of hydrogen-bond donors (Lipinski definition) is 1. The number of rotatable bonds is 2. The number of hydrogen-bond acceptors (Lipinski definition) is 3.